The van der Waals surface area contributed by atoms with Crippen molar-refractivity contribution in [1.29, 1.82) is 0 Å². The highest BCUT2D eigenvalue weighted by atomic mass is 16.1. The van der Waals surface area contributed by atoms with Gasteiger partial charge in [0.2, 0.25) is 5.91 Å². The van der Waals surface area contributed by atoms with Gasteiger partial charge in [-0.15, -0.1) is 5.73 Å². The van der Waals surface area contributed by atoms with Crippen LogP contribution in [0, 0.1) is 0 Å². The second kappa shape index (κ2) is 6.70. The van der Waals surface area contributed by atoms with Gasteiger partial charge in [-0.05, 0) is 31.6 Å². The second-order valence-electron chi connectivity index (χ2n) is 2.91. The average Bonchev–Trinajstić information content (AvgIpc) is 2.20. The number of amides is 1. The van der Waals surface area contributed by atoms with Gasteiger partial charge in [0, 0.05) is 5.56 Å². The zero-order valence-corrected chi connectivity index (χ0v) is 8.58. The van der Waals surface area contributed by atoms with Crippen LogP contribution < -0.4 is 5.73 Å². The summed E-state index contributed by atoms with van der Waals surface area (Å²) in [6.45, 7) is 7.33. The first kappa shape index (κ1) is 12.2. The fourth-order valence-electron chi connectivity index (χ4n) is 0.602. The molecule has 0 saturated carbocycles. The SMILES string of the molecule is C=C=C(C)C.NC(=O)c1ccccc1. The van der Waals surface area contributed by atoms with E-state index in [1.54, 1.807) is 24.3 Å². The lowest BCUT2D eigenvalue weighted by atomic mass is 10.2. The van der Waals surface area contributed by atoms with Crippen LogP contribution in [0.4, 0.5) is 0 Å². The summed E-state index contributed by atoms with van der Waals surface area (Å²) in [6.07, 6.45) is 0. The number of hydrogen-bond donors (Lipinski definition) is 1. The minimum Gasteiger partial charge on any atom is -0.366 e. The van der Waals surface area contributed by atoms with Crippen molar-refractivity contribution in [3.8, 4) is 0 Å². The Labute approximate surface area is 84.7 Å². The van der Waals surface area contributed by atoms with Gasteiger partial charge in [0.15, 0.2) is 0 Å². The van der Waals surface area contributed by atoms with Crippen molar-refractivity contribution in [3.63, 3.8) is 0 Å². The molecule has 1 aromatic rings. The molecular weight excluding hydrogens is 174 g/mol. The molecule has 1 amide bonds. The highest BCUT2D eigenvalue weighted by Gasteiger charge is 1.93. The molecule has 0 unspecified atom stereocenters. The summed E-state index contributed by atoms with van der Waals surface area (Å²) in [5.41, 5.74) is 9.37. The molecule has 0 fully saturated rings. The van der Waals surface area contributed by atoms with Crippen LogP contribution in [0.3, 0.4) is 0 Å². The quantitative estimate of drug-likeness (QED) is 0.678. The maximum absolute atomic E-state index is 10.4. The smallest absolute Gasteiger partial charge is 0.248 e. The van der Waals surface area contributed by atoms with Gasteiger partial charge in [-0.1, -0.05) is 24.8 Å². The summed E-state index contributed by atoms with van der Waals surface area (Å²) in [5, 5.41) is 0. The van der Waals surface area contributed by atoms with E-state index in [2.05, 4.69) is 12.3 Å². The van der Waals surface area contributed by atoms with Gasteiger partial charge >= 0.3 is 0 Å². The Morgan fingerprint density at radius 2 is 1.71 bits per heavy atom. The summed E-state index contributed by atoms with van der Waals surface area (Å²) in [4.78, 5) is 10.4. The number of carbonyl (C=O) groups excluding carboxylic acids is 1. The van der Waals surface area contributed by atoms with E-state index in [1.165, 1.54) is 0 Å². The molecule has 0 aliphatic heterocycles. The first-order chi connectivity index (χ1) is 6.57. The van der Waals surface area contributed by atoms with Crippen LogP contribution in [0.15, 0.2) is 48.2 Å². The number of rotatable bonds is 1. The van der Waals surface area contributed by atoms with Crippen LogP contribution in [0.2, 0.25) is 0 Å². The molecule has 2 nitrogen and oxygen atoms in total. The van der Waals surface area contributed by atoms with Crippen LogP contribution in [-0.2, 0) is 0 Å². The van der Waals surface area contributed by atoms with Crippen LogP contribution >= 0.6 is 0 Å². The highest BCUT2D eigenvalue weighted by Crippen LogP contribution is 1.94. The zero-order valence-electron chi connectivity index (χ0n) is 8.58. The molecule has 0 spiro atoms. The van der Waals surface area contributed by atoms with E-state index in [9.17, 15) is 4.79 Å². The highest BCUT2D eigenvalue weighted by molar-refractivity contribution is 5.92. The first-order valence-corrected chi connectivity index (χ1v) is 4.26. The molecule has 1 aromatic carbocycles. The summed E-state index contributed by atoms with van der Waals surface area (Å²) >= 11 is 0. The van der Waals surface area contributed by atoms with E-state index in [0.29, 0.717) is 5.56 Å². The van der Waals surface area contributed by atoms with E-state index >= 15 is 0 Å². The molecule has 0 bridgehead atoms. The number of hydrogen-bond acceptors (Lipinski definition) is 1. The molecule has 0 atom stereocenters. The van der Waals surface area contributed by atoms with Crippen LogP contribution in [0.1, 0.15) is 24.2 Å². The van der Waals surface area contributed by atoms with E-state index in [-0.39, 0.29) is 5.91 Å². The van der Waals surface area contributed by atoms with Gasteiger partial charge in [-0.3, -0.25) is 4.79 Å². The molecule has 0 radical (unpaired) electrons. The molecular formula is C12H15NO. The molecule has 1 rings (SSSR count). The molecule has 0 aliphatic rings. The van der Waals surface area contributed by atoms with Crippen molar-refractivity contribution in [3.05, 3.63) is 53.8 Å². The Hall–Kier alpha value is -1.79. The monoisotopic (exact) mass is 189 g/mol. The van der Waals surface area contributed by atoms with Crippen LogP contribution in [0.5, 0.6) is 0 Å². The van der Waals surface area contributed by atoms with Gasteiger partial charge in [0.25, 0.3) is 0 Å². The Kier molecular flexibility index (Phi) is 5.84. The number of primary amides is 1. The number of carbonyl (C=O) groups is 1. The molecule has 2 N–H and O–H groups in total. The minimum atomic E-state index is -0.379. The third-order valence-corrected chi connectivity index (χ3v) is 1.41. The Morgan fingerprint density at radius 3 is 1.93 bits per heavy atom. The fraction of sp³-hybridized carbons (Fsp3) is 0.167. The molecule has 0 saturated heterocycles. The largest absolute Gasteiger partial charge is 0.366 e. The average molecular weight is 189 g/mol. The summed E-state index contributed by atoms with van der Waals surface area (Å²) in [5.74, 6) is -0.379. The van der Waals surface area contributed by atoms with Crippen molar-refractivity contribution in [2.45, 2.75) is 13.8 Å². The molecule has 2 heteroatoms. The van der Waals surface area contributed by atoms with Gasteiger partial charge < -0.3 is 5.73 Å². The van der Waals surface area contributed by atoms with Crippen molar-refractivity contribution >= 4 is 5.91 Å². The van der Waals surface area contributed by atoms with E-state index in [1.807, 2.05) is 19.9 Å². The number of allylic oxidation sites excluding steroid dienone is 1. The third-order valence-electron chi connectivity index (χ3n) is 1.41. The number of nitrogens with two attached hydrogens (primary N) is 1. The summed E-state index contributed by atoms with van der Waals surface area (Å²) in [6, 6.07) is 8.76. The van der Waals surface area contributed by atoms with Gasteiger partial charge in [-0.25, -0.2) is 0 Å². The fourth-order valence-corrected chi connectivity index (χ4v) is 0.602. The van der Waals surface area contributed by atoms with E-state index in [4.69, 9.17) is 5.73 Å². The van der Waals surface area contributed by atoms with E-state index in [0.717, 1.165) is 5.57 Å². The van der Waals surface area contributed by atoms with Crippen molar-refractivity contribution in [1.82, 2.24) is 0 Å². The molecule has 0 heterocycles. The lowest BCUT2D eigenvalue weighted by Crippen LogP contribution is -2.09. The summed E-state index contributed by atoms with van der Waals surface area (Å²) < 4.78 is 0. The molecule has 74 valence electrons. The molecule has 0 aromatic heterocycles. The predicted molar refractivity (Wildman–Crippen MR) is 59.0 cm³/mol. The normalized spacial score (nSPS) is 7.86. The predicted octanol–water partition coefficient (Wildman–Crippen LogP) is 2.52. The standard InChI is InChI=1S/C7H7NO.C5H8/c8-7(9)6-4-2-1-3-5-6;1-4-5(2)3/h1-5H,(H2,8,9);1H2,2-3H3. The second-order valence-corrected chi connectivity index (χ2v) is 2.91. The van der Waals surface area contributed by atoms with Crippen molar-refractivity contribution in [2.24, 2.45) is 5.73 Å². The van der Waals surface area contributed by atoms with E-state index < -0.39 is 0 Å². The minimum absolute atomic E-state index is 0.379. The lowest BCUT2D eigenvalue weighted by molar-refractivity contribution is 0.100. The van der Waals surface area contributed by atoms with Crippen LogP contribution in [0.25, 0.3) is 0 Å². The van der Waals surface area contributed by atoms with Crippen LogP contribution in [-0.4, -0.2) is 5.91 Å². The summed E-state index contributed by atoms with van der Waals surface area (Å²) in [7, 11) is 0. The van der Waals surface area contributed by atoms with Gasteiger partial charge in [0.05, 0.1) is 0 Å². The molecule has 14 heavy (non-hydrogen) atoms. The Morgan fingerprint density at radius 1 is 1.29 bits per heavy atom. The Bertz CT molecular complexity index is 331. The van der Waals surface area contributed by atoms with Crippen molar-refractivity contribution in [2.75, 3.05) is 0 Å². The number of benzene rings is 1. The first-order valence-electron chi connectivity index (χ1n) is 4.26. The lowest BCUT2D eigenvalue weighted by Gasteiger charge is -1.89. The molecule has 0 aliphatic carbocycles. The van der Waals surface area contributed by atoms with Crippen molar-refractivity contribution < 1.29 is 4.79 Å². The maximum atomic E-state index is 10.4. The van der Waals surface area contributed by atoms with Gasteiger partial charge in [0.1, 0.15) is 0 Å². The Balaban J connectivity index is 0.000000292. The third kappa shape index (κ3) is 5.81. The van der Waals surface area contributed by atoms with Gasteiger partial charge in [-0.2, -0.15) is 0 Å². The topological polar surface area (TPSA) is 43.1 Å². The zero-order chi connectivity index (χ0) is 11.0. The maximum Gasteiger partial charge on any atom is 0.248 e.